The lowest BCUT2D eigenvalue weighted by molar-refractivity contribution is 0.0846. The summed E-state index contributed by atoms with van der Waals surface area (Å²) in [6, 6.07) is 0. The number of hydrogen-bond donors (Lipinski definition) is 1. The Kier molecular flexibility index (Phi) is 5.11. The van der Waals surface area contributed by atoms with Crippen LogP contribution in [0.1, 0.15) is 26.0 Å². The van der Waals surface area contributed by atoms with Crippen molar-refractivity contribution in [3.63, 3.8) is 0 Å². The fraction of sp³-hybridized carbons (Fsp3) is 0.500. The summed E-state index contributed by atoms with van der Waals surface area (Å²) < 4.78 is 0. The first-order chi connectivity index (χ1) is 7.96. The Hall–Kier alpha value is -0.910. The lowest BCUT2D eigenvalue weighted by Gasteiger charge is -2.18. The molecule has 0 aliphatic rings. The van der Waals surface area contributed by atoms with Crippen molar-refractivity contribution in [2.75, 3.05) is 5.48 Å². The van der Waals surface area contributed by atoms with E-state index in [-0.39, 0.29) is 0 Å². The molecule has 1 aromatic rings. The molecule has 0 saturated carbocycles. The molecule has 0 amide bonds. The molecule has 7 heteroatoms. The molecule has 0 bridgehead atoms. The fourth-order valence-electron chi connectivity index (χ4n) is 0.951. The summed E-state index contributed by atoms with van der Waals surface area (Å²) in [7, 11) is 0. The second-order valence-electron chi connectivity index (χ2n) is 3.42. The van der Waals surface area contributed by atoms with Gasteiger partial charge in [-0.1, -0.05) is 30.1 Å². The van der Waals surface area contributed by atoms with Crippen molar-refractivity contribution in [2.45, 2.75) is 32.4 Å². The molecule has 0 aliphatic heterocycles. The maximum Gasteiger partial charge on any atom is 0.256 e. The number of aromatic nitrogens is 2. The molecule has 1 heterocycles. The highest BCUT2D eigenvalue weighted by Crippen LogP contribution is 2.24. The number of aliphatic imine (C=N–C) groups is 1. The first kappa shape index (κ1) is 14.2. The maximum atomic E-state index is 5.99. The van der Waals surface area contributed by atoms with Crippen molar-refractivity contribution < 1.29 is 4.84 Å². The van der Waals surface area contributed by atoms with E-state index in [9.17, 15) is 0 Å². The molecular formula is C10H14Cl2N4O. The Labute approximate surface area is 110 Å². The fourth-order valence-corrected chi connectivity index (χ4v) is 1.19. The molecule has 0 aromatic carbocycles. The zero-order valence-electron chi connectivity index (χ0n) is 9.87. The molecule has 1 rings (SSSR count). The summed E-state index contributed by atoms with van der Waals surface area (Å²) in [6.45, 7) is 5.33. The molecular weight excluding hydrogens is 263 g/mol. The maximum absolute atomic E-state index is 5.99. The molecule has 1 aromatic heterocycles. The minimum Gasteiger partial charge on any atom is -0.247 e. The number of aryl methyl sites for hydroxylation is 1. The third-order valence-corrected chi connectivity index (χ3v) is 2.43. The van der Waals surface area contributed by atoms with Crippen molar-refractivity contribution >= 4 is 35.2 Å². The Balaban J connectivity index is 2.67. The average Bonchev–Trinajstić information content (AvgIpc) is 2.29. The third kappa shape index (κ3) is 4.46. The number of hydrogen-bond acceptors (Lipinski definition) is 5. The molecule has 0 saturated heterocycles. The van der Waals surface area contributed by atoms with Crippen molar-refractivity contribution in [3.8, 4) is 0 Å². The summed E-state index contributed by atoms with van der Waals surface area (Å²) in [5.74, 6) is 0.359. The number of nitrogens with one attached hydrogen (secondary N) is 1. The Morgan fingerprint density at radius 1 is 1.59 bits per heavy atom. The van der Waals surface area contributed by atoms with Crippen LogP contribution >= 0.6 is 23.2 Å². The molecule has 0 aliphatic carbocycles. The molecule has 17 heavy (non-hydrogen) atoms. The molecule has 0 radical (unpaired) electrons. The van der Waals surface area contributed by atoms with Gasteiger partial charge in [-0.3, -0.25) is 0 Å². The Bertz CT molecular complexity index is 409. The second-order valence-corrected chi connectivity index (χ2v) is 4.49. The van der Waals surface area contributed by atoms with Gasteiger partial charge in [-0.2, -0.15) is 0 Å². The highest BCUT2D eigenvalue weighted by molar-refractivity contribution is 6.33. The summed E-state index contributed by atoms with van der Waals surface area (Å²) in [5.41, 5.74) is 3.23. The van der Waals surface area contributed by atoms with Gasteiger partial charge >= 0.3 is 0 Å². The van der Waals surface area contributed by atoms with Gasteiger partial charge in [0, 0.05) is 13.1 Å². The third-order valence-electron chi connectivity index (χ3n) is 1.80. The van der Waals surface area contributed by atoms with Gasteiger partial charge in [0.2, 0.25) is 0 Å². The van der Waals surface area contributed by atoms with Gasteiger partial charge in [-0.05, 0) is 13.3 Å². The van der Waals surface area contributed by atoms with Gasteiger partial charge in [0.25, 0.3) is 5.18 Å². The number of nitrogens with zero attached hydrogens (tertiary/aromatic N) is 3. The predicted octanol–water partition coefficient (Wildman–Crippen LogP) is 3.18. The summed E-state index contributed by atoms with van der Waals surface area (Å²) in [4.78, 5) is 17.1. The van der Waals surface area contributed by atoms with Gasteiger partial charge in [0.15, 0.2) is 5.82 Å². The SMILES string of the molecule is CCC=NC(C)(Cl)ONc1ncnc(C)c1Cl. The van der Waals surface area contributed by atoms with E-state index < -0.39 is 5.18 Å². The van der Waals surface area contributed by atoms with Crippen LogP contribution in [0.25, 0.3) is 0 Å². The number of anilines is 1. The molecule has 1 N–H and O–H groups in total. The van der Waals surface area contributed by atoms with Crippen LogP contribution in [0.15, 0.2) is 11.3 Å². The minimum absolute atomic E-state index is 0.359. The lowest BCUT2D eigenvalue weighted by Crippen LogP contribution is -2.23. The number of halogens is 2. The normalized spacial score (nSPS) is 14.9. The van der Waals surface area contributed by atoms with E-state index in [4.69, 9.17) is 28.0 Å². The van der Waals surface area contributed by atoms with Crippen LogP contribution < -0.4 is 5.48 Å². The first-order valence-electron chi connectivity index (χ1n) is 5.10. The quantitative estimate of drug-likeness (QED) is 0.388. The van der Waals surface area contributed by atoms with Crippen LogP contribution in [0.2, 0.25) is 5.02 Å². The van der Waals surface area contributed by atoms with E-state index in [1.165, 1.54) is 6.33 Å². The highest BCUT2D eigenvalue weighted by Gasteiger charge is 2.20. The van der Waals surface area contributed by atoms with Gasteiger partial charge in [-0.25, -0.2) is 25.3 Å². The van der Waals surface area contributed by atoms with E-state index in [0.29, 0.717) is 16.5 Å². The molecule has 1 atom stereocenters. The molecule has 0 spiro atoms. The van der Waals surface area contributed by atoms with Crippen molar-refractivity contribution in [1.82, 2.24) is 9.97 Å². The summed E-state index contributed by atoms with van der Waals surface area (Å²) in [6.07, 6.45) is 3.83. The minimum atomic E-state index is -1.20. The van der Waals surface area contributed by atoms with Crippen LogP contribution in [0.3, 0.4) is 0 Å². The molecule has 94 valence electrons. The zero-order chi connectivity index (χ0) is 12.9. The molecule has 0 fully saturated rings. The Morgan fingerprint density at radius 2 is 2.29 bits per heavy atom. The van der Waals surface area contributed by atoms with Crippen LogP contribution in [0.5, 0.6) is 0 Å². The van der Waals surface area contributed by atoms with Crippen molar-refractivity contribution in [2.24, 2.45) is 4.99 Å². The van der Waals surface area contributed by atoms with Gasteiger partial charge in [-0.15, -0.1) is 0 Å². The molecule has 5 nitrogen and oxygen atoms in total. The van der Waals surface area contributed by atoms with Crippen LogP contribution in [-0.2, 0) is 4.84 Å². The largest absolute Gasteiger partial charge is 0.256 e. The smallest absolute Gasteiger partial charge is 0.247 e. The average molecular weight is 277 g/mol. The van der Waals surface area contributed by atoms with E-state index in [0.717, 1.165) is 6.42 Å². The van der Waals surface area contributed by atoms with Gasteiger partial charge < -0.3 is 0 Å². The standard InChI is InChI=1S/C10H14Cl2N4O/c1-4-5-15-10(3,12)17-16-9-8(11)7(2)13-6-14-9/h5-6H,4H2,1-3H3,(H,13,14,16). The Morgan fingerprint density at radius 3 is 2.94 bits per heavy atom. The number of rotatable bonds is 5. The van der Waals surface area contributed by atoms with E-state index in [1.807, 2.05) is 6.92 Å². The predicted molar refractivity (Wildman–Crippen MR) is 69.5 cm³/mol. The van der Waals surface area contributed by atoms with E-state index >= 15 is 0 Å². The van der Waals surface area contributed by atoms with E-state index in [1.54, 1.807) is 20.1 Å². The van der Waals surface area contributed by atoms with Crippen molar-refractivity contribution in [3.05, 3.63) is 17.0 Å². The number of alkyl halides is 1. The zero-order valence-corrected chi connectivity index (χ0v) is 11.4. The van der Waals surface area contributed by atoms with Crippen LogP contribution in [-0.4, -0.2) is 21.4 Å². The van der Waals surface area contributed by atoms with Gasteiger partial charge in [0.05, 0.1) is 5.69 Å². The second kappa shape index (κ2) is 6.14. The monoisotopic (exact) mass is 276 g/mol. The lowest BCUT2D eigenvalue weighted by atomic mass is 10.4. The summed E-state index contributed by atoms with van der Waals surface area (Å²) >= 11 is 12.0. The van der Waals surface area contributed by atoms with Crippen molar-refractivity contribution in [1.29, 1.82) is 0 Å². The molecule has 1 unspecified atom stereocenters. The topological polar surface area (TPSA) is 59.4 Å². The highest BCUT2D eigenvalue weighted by atomic mass is 35.5. The van der Waals surface area contributed by atoms with Crippen LogP contribution in [0, 0.1) is 6.92 Å². The van der Waals surface area contributed by atoms with Crippen LogP contribution in [0.4, 0.5) is 5.82 Å². The van der Waals surface area contributed by atoms with E-state index in [2.05, 4.69) is 20.4 Å². The first-order valence-corrected chi connectivity index (χ1v) is 5.85. The van der Waals surface area contributed by atoms with Gasteiger partial charge in [0.1, 0.15) is 11.3 Å². The summed E-state index contributed by atoms with van der Waals surface area (Å²) in [5, 5.41) is -0.808.